The highest BCUT2D eigenvalue weighted by Crippen LogP contribution is 2.29. The van der Waals surface area contributed by atoms with E-state index in [9.17, 15) is 0 Å². The van der Waals surface area contributed by atoms with Gasteiger partial charge < -0.3 is 20.1 Å². The Morgan fingerprint density at radius 1 is 1.38 bits per heavy atom. The molecule has 0 saturated carbocycles. The van der Waals surface area contributed by atoms with Gasteiger partial charge in [-0.15, -0.1) is 22.7 Å². The van der Waals surface area contributed by atoms with Crippen molar-refractivity contribution in [1.29, 1.82) is 0 Å². The molecular weight excluding hydrogens is 404 g/mol. The van der Waals surface area contributed by atoms with Crippen LogP contribution in [0.2, 0.25) is 0 Å². The van der Waals surface area contributed by atoms with Gasteiger partial charge in [-0.25, -0.2) is 4.98 Å². The molecule has 0 radical (unpaired) electrons. The zero-order valence-corrected chi connectivity index (χ0v) is 19.0. The quantitative estimate of drug-likeness (QED) is 0.318. The number of aliphatic imine (C=N–C) groups is 1. The topological polar surface area (TPSA) is 67.8 Å². The molecule has 0 bridgehead atoms. The number of thiazole rings is 1. The van der Waals surface area contributed by atoms with E-state index in [0.29, 0.717) is 12.7 Å². The molecule has 29 heavy (non-hydrogen) atoms. The first-order valence-corrected chi connectivity index (χ1v) is 12.2. The van der Waals surface area contributed by atoms with Gasteiger partial charge in [0, 0.05) is 43.1 Å². The van der Waals surface area contributed by atoms with Crippen molar-refractivity contribution in [1.82, 2.24) is 15.6 Å². The largest absolute Gasteiger partial charge is 0.379 e. The van der Waals surface area contributed by atoms with E-state index < -0.39 is 0 Å². The third-order valence-electron chi connectivity index (χ3n) is 4.59. The van der Waals surface area contributed by atoms with Crippen LogP contribution in [-0.2, 0) is 15.9 Å². The minimum atomic E-state index is 0.301. The van der Waals surface area contributed by atoms with Crippen LogP contribution in [-0.4, -0.2) is 56.5 Å². The average molecular weight is 437 g/mol. The van der Waals surface area contributed by atoms with Crippen molar-refractivity contribution in [2.45, 2.75) is 45.6 Å². The molecule has 1 saturated heterocycles. The van der Waals surface area contributed by atoms with E-state index in [0.717, 1.165) is 75.2 Å². The van der Waals surface area contributed by atoms with Gasteiger partial charge in [0.25, 0.3) is 0 Å². The van der Waals surface area contributed by atoms with E-state index in [-0.39, 0.29) is 0 Å². The maximum Gasteiger partial charge on any atom is 0.191 e. The van der Waals surface area contributed by atoms with Crippen molar-refractivity contribution in [3.05, 3.63) is 27.4 Å². The lowest BCUT2D eigenvalue weighted by Gasteiger charge is -2.11. The van der Waals surface area contributed by atoms with Gasteiger partial charge in [0.05, 0.1) is 28.3 Å². The number of nitrogens with one attached hydrogen (secondary N) is 2. The summed E-state index contributed by atoms with van der Waals surface area (Å²) in [7, 11) is 0. The first-order chi connectivity index (χ1) is 14.2. The maximum absolute atomic E-state index is 5.70. The molecule has 2 aromatic rings. The summed E-state index contributed by atoms with van der Waals surface area (Å²) in [6.07, 6.45) is 4.48. The summed E-state index contributed by atoms with van der Waals surface area (Å²) in [5.74, 6) is 0.874. The van der Waals surface area contributed by atoms with Gasteiger partial charge in [-0.1, -0.05) is 0 Å². The Hall–Kier alpha value is -1.48. The van der Waals surface area contributed by atoms with Gasteiger partial charge >= 0.3 is 0 Å². The Kier molecular flexibility index (Phi) is 9.40. The van der Waals surface area contributed by atoms with Crippen LogP contribution in [0, 0.1) is 6.92 Å². The highest BCUT2D eigenvalue weighted by Gasteiger charge is 2.14. The van der Waals surface area contributed by atoms with E-state index in [1.54, 1.807) is 11.3 Å². The summed E-state index contributed by atoms with van der Waals surface area (Å²) >= 11 is 3.52. The molecule has 1 fully saturated rings. The highest BCUT2D eigenvalue weighted by molar-refractivity contribution is 7.16. The van der Waals surface area contributed by atoms with Crippen LogP contribution in [0.3, 0.4) is 0 Å². The third kappa shape index (κ3) is 7.70. The standard InChI is InChI=1S/C21H32N4O2S2/c1-3-22-21(23-10-5-12-26-14-17-6-4-13-27-17)24-11-9-18-7-8-20(29-18)19-15-28-16(2)25-19/h7-8,15,17H,3-6,9-14H2,1-2H3,(H2,22,23,24). The van der Waals surface area contributed by atoms with E-state index in [2.05, 4.69) is 45.0 Å². The van der Waals surface area contributed by atoms with Crippen LogP contribution in [0.5, 0.6) is 0 Å². The number of aryl methyl sites for hydroxylation is 1. The van der Waals surface area contributed by atoms with Crippen LogP contribution in [0.4, 0.5) is 0 Å². The van der Waals surface area contributed by atoms with Crippen molar-refractivity contribution in [2.75, 3.05) is 39.5 Å². The maximum atomic E-state index is 5.70. The number of hydrogen-bond acceptors (Lipinski definition) is 6. The van der Waals surface area contributed by atoms with Gasteiger partial charge in [0.15, 0.2) is 5.96 Å². The van der Waals surface area contributed by atoms with Crippen molar-refractivity contribution in [3.63, 3.8) is 0 Å². The highest BCUT2D eigenvalue weighted by atomic mass is 32.1. The summed E-state index contributed by atoms with van der Waals surface area (Å²) < 4.78 is 11.3. The molecule has 2 N–H and O–H groups in total. The normalized spacial score (nSPS) is 17.0. The molecule has 1 aliphatic rings. The summed E-state index contributed by atoms with van der Waals surface area (Å²) in [4.78, 5) is 11.8. The number of ether oxygens (including phenoxy) is 2. The second-order valence-corrected chi connectivity index (χ2v) is 9.25. The lowest BCUT2D eigenvalue weighted by Crippen LogP contribution is -2.38. The zero-order valence-electron chi connectivity index (χ0n) is 17.4. The SMILES string of the molecule is CCNC(=NCCCOCC1CCCO1)NCCc1ccc(-c2csc(C)n2)s1. The van der Waals surface area contributed by atoms with Gasteiger partial charge in [-0.2, -0.15) is 0 Å². The second kappa shape index (κ2) is 12.3. The third-order valence-corrected chi connectivity index (χ3v) is 6.53. The average Bonchev–Trinajstić information content (AvgIpc) is 3.46. The molecule has 0 amide bonds. The lowest BCUT2D eigenvalue weighted by atomic mass is 10.2. The van der Waals surface area contributed by atoms with Crippen molar-refractivity contribution in [3.8, 4) is 10.6 Å². The Morgan fingerprint density at radius 2 is 2.31 bits per heavy atom. The van der Waals surface area contributed by atoms with Gasteiger partial charge in [0.1, 0.15) is 0 Å². The first kappa shape index (κ1) is 22.2. The number of nitrogens with zero attached hydrogens (tertiary/aromatic N) is 2. The molecule has 1 atom stereocenters. The summed E-state index contributed by atoms with van der Waals surface area (Å²) in [6, 6.07) is 4.37. The smallest absolute Gasteiger partial charge is 0.191 e. The number of hydrogen-bond donors (Lipinski definition) is 2. The first-order valence-electron chi connectivity index (χ1n) is 10.5. The van der Waals surface area contributed by atoms with Crippen LogP contribution >= 0.6 is 22.7 Å². The Morgan fingerprint density at radius 3 is 3.07 bits per heavy atom. The zero-order chi connectivity index (χ0) is 20.3. The van der Waals surface area contributed by atoms with Crippen LogP contribution in [0.15, 0.2) is 22.5 Å². The molecule has 160 valence electrons. The van der Waals surface area contributed by atoms with E-state index >= 15 is 0 Å². The van der Waals surface area contributed by atoms with E-state index in [4.69, 9.17) is 9.47 Å². The van der Waals surface area contributed by atoms with Crippen molar-refractivity contribution < 1.29 is 9.47 Å². The molecule has 6 nitrogen and oxygen atoms in total. The van der Waals surface area contributed by atoms with E-state index in [1.807, 2.05) is 18.3 Å². The number of rotatable bonds is 11. The minimum Gasteiger partial charge on any atom is -0.379 e. The number of thiophene rings is 1. The monoisotopic (exact) mass is 436 g/mol. The molecule has 3 rings (SSSR count). The lowest BCUT2D eigenvalue weighted by molar-refractivity contribution is 0.0171. The molecule has 1 unspecified atom stereocenters. The molecule has 2 aromatic heterocycles. The molecule has 0 spiro atoms. The second-order valence-electron chi connectivity index (χ2n) is 7.02. The van der Waals surface area contributed by atoms with Crippen LogP contribution < -0.4 is 10.6 Å². The summed E-state index contributed by atoms with van der Waals surface area (Å²) in [5, 5.41) is 9.98. The fraction of sp³-hybridized carbons (Fsp3) is 0.619. The van der Waals surface area contributed by atoms with Crippen molar-refractivity contribution >= 4 is 28.6 Å². The summed E-state index contributed by atoms with van der Waals surface area (Å²) in [5.41, 5.74) is 1.09. The van der Waals surface area contributed by atoms with Gasteiger partial charge in [-0.3, -0.25) is 4.99 Å². The van der Waals surface area contributed by atoms with Gasteiger partial charge in [-0.05, 0) is 51.7 Å². The number of aromatic nitrogens is 1. The van der Waals surface area contributed by atoms with Crippen LogP contribution in [0.25, 0.3) is 10.6 Å². The van der Waals surface area contributed by atoms with Crippen LogP contribution in [0.1, 0.15) is 36.1 Å². The Bertz CT molecular complexity index is 753. The molecule has 1 aliphatic heterocycles. The number of guanidine groups is 1. The van der Waals surface area contributed by atoms with Crippen molar-refractivity contribution in [2.24, 2.45) is 4.99 Å². The predicted octanol–water partition coefficient (Wildman–Crippen LogP) is 3.86. The molecular formula is C21H32N4O2S2. The predicted molar refractivity (Wildman–Crippen MR) is 122 cm³/mol. The fourth-order valence-corrected chi connectivity index (χ4v) is 4.78. The molecule has 8 heteroatoms. The molecule has 3 heterocycles. The fourth-order valence-electron chi connectivity index (χ4n) is 3.12. The minimum absolute atomic E-state index is 0.301. The summed E-state index contributed by atoms with van der Waals surface area (Å²) in [6.45, 7) is 8.93. The van der Waals surface area contributed by atoms with E-state index in [1.165, 1.54) is 9.75 Å². The molecule has 0 aliphatic carbocycles. The Balaban J connectivity index is 1.34. The van der Waals surface area contributed by atoms with Gasteiger partial charge in [0.2, 0.25) is 0 Å². The Labute approximate surface area is 181 Å². The molecule has 0 aromatic carbocycles.